The number of carbonyl (C=O) groups excluding carboxylic acids is 2. The van der Waals surface area contributed by atoms with E-state index in [1.54, 1.807) is 66.7 Å². The normalized spacial score (nSPS) is 11.0. The van der Waals surface area contributed by atoms with Gasteiger partial charge in [-0.15, -0.1) is 0 Å². The highest BCUT2D eigenvalue weighted by molar-refractivity contribution is 9.10. The first-order valence-electron chi connectivity index (χ1n) is 8.66. The van der Waals surface area contributed by atoms with Crippen molar-refractivity contribution in [2.75, 3.05) is 0 Å². The lowest BCUT2D eigenvalue weighted by molar-refractivity contribution is 0.0947. The van der Waals surface area contributed by atoms with E-state index in [9.17, 15) is 9.59 Å². The summed E-state index contributed by atoms with van der Waals surface area (Å²) in [6.45, 7) is 0. The van der Waals surface area contributed by atoms with Crippen molar-refractivity contribution < 1.29 is 9.59 Å². The van der Waals surface area contributed by atoms with Crippen LogP contribution in [0.15, 0.2) is 85.9 Å². The highest BCUT2D eigenvalue weighted by atomic mass is 79.9. The van der Waals surface area contributed by atoms with Crippen LogP contribution in [0, 0.1) is 0 Å². The zero-order chi connectivity index (χ0) is 21.3. The molecule has 2 aromatic carbocycles. The van der Waals surface area contributed by atoms with Gasteiger partial charge in [0.2, 0.25) is 0 Å². The Balaban J connectivity index is 1.56. The number of aromatic nitrogens is 1. The Morgan fingerprint density at radius 3 is 1.50 bits per heavy atom. The van der Waals surface area contributed by atoms with E-state index in [1.807, 2.05) is 0 Å². The smallest absolute Gasteiger partial charge is 0.267 e. The molecule has 1 heterocycles. The van der Waals surface area contributed by atoms with Crippen LogP contribution in [0.2, 0.25) is 0 Å². The molecule has 0 bridgehead atoms. The highest BCUT2D eigenvalue weighted by Crippen LogP contribution is 2.11. The summed E-state index contributed by atoms with van der Waals surface area (Å²) < 4.78 is 1.77. The third-order valence-corrected chi connectivity index (χ3v) is 4.79. The van der Waals surface area contributed by atoms with Crippen LogP contribution in [0.5, 0.6) is 0 Å². The summed E-state index contributed by atoms with van der Waals surface area (Å²) in [5, 5.41) is 7.84. The van der Waals surface area contributed by atoms with Gasteiger partial charge in [-0.2, -0.15) is 10.2 Å². The quantitative estimate of drug-likeness (QED) is 0.372. The zero-order valence-electron chi connectivity index (χ0n) is 15.4. The molecule has 0 unspecified atom stereocenters. The molecule has 1 aromatic heterocycles. The summed E-state index contributed by atoms with van der Waals surface area (Å²) in [6.07, 6.45) is 2.85. The van der Waals surface area contributed by atoms with Gasteiger partial charge in [-0.05, 0) is 60.7 Å². The first-order chi connectivity index (χ1) is 14.5. The second-order valence-corrected chi connectivity index (χ2v) is 7.73. The van der Waals surface area contributed by atoms with Gasteiger partial charge in [-0.25, -0.2) is 15.8 Å². The first kappa shape index (κ1) is 21.5. The maximum Gasteiger partial charge on any atom is 0.271 e. The third kappa shape index (κ3) is 6.43. The Bertz CT molecular complexity index is 1010. The molecule has 9 heteroatoms. The lowest BCUT2D eigenvalue weighted by atomic mass is 10.2. The fourth-order valence-corrected chi connectivity index (χ4v) is 2.79. The molecule has 3 aromatic rings. The minimum Gasteiger partial charge on any atom is -0.267 e. The number of rotatable bonds is 6. The average molecular weight is 529 g/mol. The number of benzene rings is 2. The molecule has 2 amide bonds. The van der Waals surface area contributed by atoms with Crippen LogP contribution < -0.4 is 10.9 Å². The summed E-state index contributed by atoms with van der Waals surface area (Å²) in [5.41, 5.74) is 6.92. The Morgan fingerprint density at radius 2 is 1.10 bits per heavy atom. The number of amides is 2. The van der Waals surface area contributed by atoms with E-state index in [0.29, 0.717) is 22.5 Å². The predicted molar refractivity (Wildman–Crippen MR) is 123 cm³/mol. The van der Waals surface area contributed by atoms with Crippen molar-refractivity contribution in [3.63, 3.8) is 0 Å². The van der Waals surface area contributed by atoms with E-state index in [-0.39, 0.29) is 11.8 Å². The maximum atomic E-state index is 12.0. The molecule has 0 radical (unpaired) electrons. The van der Waals surface area contributed by atoms with Crippen molar-refractivity contribution in [1.29, 1.82) is 0 Å². The SMILES string of the molecule is O=C(N/N=C/c1cccc(/C=N/NC(=O)c2ccc(Br)cc2)n1)c1ccc(Br)cc1. The standard InChI is InChI=1S/C21H15Br2N5O2/c22-16-8-4-14(5-9-16)20(29)27-24-12-18-2-1-3-19(26-18)13-25-28-21(30)15-6-10-17(23)11-7-15/h1-13H,(H,27,29)(H,28,30)/b24-12+,25-13+. The Hall–Kier alpha value is -3.17. The molecular weight excluding hydrogens is 514 g/mol. The summed E-state index contributed by atoms with van der Waals surface area (Å²) in [4.78, 5) is 28.4. The molecule has 2 N–H and O–H groups in total. The van der Waals surface area contributed by atoms with Gasteiger partial charge in [-0.1, -0.05) is 37.9 Å². The molecule has 0 saturated carbocycles. The summed E-state index contributed by atoms with van der Waals surface area (Å²) in [6, 6.07) is 19.1. The van der Waals surface area contributed by atoms with Gasteiger partial charge >= 0.3 is 0 Å². The van der Waals surface area contributed by atoms with Crippen LogP contribution in [-0.4, -0.2) is 29.2 Å². The van der Waals surface area contributed by atoms with Gasteiger partial charge in [0, 0.05) is 20.1 Å². The van der Waals surface area contributed by atoms with E-state index in [1.165, 1.54) is 12.4 Å². The maximum absolute atomic E-state index is 12.0. The molecule has 0 saturated heterocycles. The number of nitrogens with one attached hydrogen (secondary N) is 2. The van der Waals surface area contributed by atoms with E-state index in [4.69, 9.17) is 0 Å². The van der Waals surface area contributed by atoms with Gasteiger partial charge in [0.25, 0.3) is 11.8 Å². The van der Waals surface area contributed by atoms with Crippen LogP contribution in [0.1, 0.15) is 32.1 Å². The van der Waals surface area contributed by atoms with Crippen molar-refractivity contribution in [2.24, 2.45) is 10.2 Å². The Labute approximate surface area is 189 Å². The number of nitrogens with zero attached hydrogens (tertiary/aromatic N) is 3. The largest absolute Gasteiger partial charge is 0.271 e. The van der Waals surface area contributed by atoms with Gasteiger partial charge in [0.15, 0.2) is 0 Å². The van der Waals surface area contributed by atoms with Crippen LogP contribution >= 0.6 is 31.9 Å². The minimum absolute atomic E-state index is 0.327. The number of carbonyl (C=O) groups is 2. The van der Waals surface area contributed by atoms with Gasteiger partial charge in [0.1, 0.15) is 0 Å². The van der Waals surface area contributed by atoms with Crippen LogP contribution in [-0.2, 0) is 0 Å². The van der Waals surface area contributed by atoms with Crippen molar-refractivity contribution in [3.8, 4) is 0 Å². The molecule has 0 aliphatic carbocycles. The highest BCUT2D eigenvalue weighted by Gasteiger charge is 2.04. The molecule has 150 valence electrons. The first-order valence-corrected chi connectivity index (χ1v) is 10.2. The fourth-order valence-electron chi connectivity index (χ4n) is 2.26. The number of hydrazone groups is 2. The van der Waals surface area contributed by atoms with Crippen molar-refractivity contribution in [2.45, 2.75) is 0 Å². The van der Waals surface area contributed by atoms with E-state index < -0.39 is 0 Å². The van der Waals surface area contributed by atoms with Crippen LogP contribution in [0.4, 0.5) is 0 Å². The molecule has 0 aliphatic heterocycles. The molecule has 7 nitrogen and oxygen atoms in total. The molecule has 30 heavy (non-hydrogen) atoms. The topological polar surface area (TPSA) is 95.8 Å². The molecule has 3 rings (SSSR count). The van der Waals surface area contributed by atoms with Crippen LogP contribution in [0.25, 0.3) is 0 Å². The van der Waals surface area contributed by atoms with Crippen molar-refractivity contribution in [3.05, 3.63) is 98.2 Å². The predicted octanol–water partition coefficient (Wildman–Crippen LogP) is 4.13. The summed E-state index contributed by atoms with van der Waals surface area (Å²) in [5.74, 6) is -0.653. The number of hydrogen-bond donors (Lipinski definition) is 2. The minimum atomic E-state index is -0.327. The lowest BCUT2D eigenvalue weighted by Crippen LogP contribution is -2.18. The number of pyridine rings is 1. The van der Waals surface area contributed by atoms with Crippen molar-refractivity contribution >= 4 is 56.1 Å². The molecule has 0 aliphatic rings. The van der Waals surface area contributed by atoms with Crippen LogP contribution in [0.3, 0.4) is 0 Å². The zero-order valence-corrected chi connectivity index (χ0v) is 18.6. The second-order valence-electron chi connectivity index (χ2n) is 5.90. The van der Waals surface area contributed by atoms with E-state index in [0.717, 1.165) is 8.95 Å². The number of hydrogen-bond acceptors (Lipinski definition) is 5. The molecule has 0 spiro atoms. The van der Waals surface area contributed by atoms with E-state index in [2.05, 4.69) is 57.9 Å². The fraction of sp³-hybridized carbons (Fsp3) is 0. The Kier molecular flexibility index (Phi) is 7.58. The van der Waals surface area contributed by atoms with Gasteiger partial charge in [0.05, 0.1) is 23.8 Å². The van der Waals surface area contributed by atoms with Crippen molar-refractivity contribution in [1.82, 2.24) is 15.8 Å². The second kappa shape index (κ2) is 10.6. The summed E-state index contributed by atoms with van der Waals surface area (Å²) in [7, 11) is 0. The molecule has 0 fully saturated rings. The summed E-state index contributed by atoms with van der Waals surface area (Å²) >= 11 is 6.64. The Morgan fingerprint density at radius 1 is 0.700 bits per heavy atom. The van der Waals surface area contributed by atoms with Gasteiger partial charge in [-0.3, -0.25) is 9.59 Å². The number of halogens is 2. The molecular formula is C21H15Br2N5O2. The van der Waals surface area contributed by atoms with Gasteiger partial charge < -0.3 is 0 Å². The third-order valence-electron chi connectivity index (χ3n) is 3.73. The van der Waals surface area contributed by atoms with E-state index >= 15 is 0 Å². The lowest BCUT2D eigenvalue weighted by Gasteiger charge is -2.01. The molecule has 0 atom stereocenters. The monoisotopic (exact) mass is 527 g/mol. The average Bonchev–Trinajstić information content (AvgIpc) is 2.75.